The molecule has 0 radical (unpaired) electrons. The number of carbonyl (C=O) groups excluding carboxylic acids is 1. The van der Waals surface area contributed by atoms with Crippen LogP contribution >= 0.6 is 23.1 Å². The number of hydrogen-bond acceptors (Lipinski definition) is 6. The highest BCUT2D eigenvalue weighted by molar-refractivity contribution is 7.09. The number of rotatable bonds is 7. The van der Waals surface area contributed by atoms with Crippen molar-refractivity contribution < 1.29 is 4.79 Å². The summed E-state index contributed by atoms with van der Waals surface area (Å²) in [5, 5.41) is 7.62. The normalized spacial score (nSPS) is 14.3. The zero-order chi connectivity index (χ0) is 23.2. The highest BCUT2D eigenvalue weighted by atomic mass is 35.5. The number of piperazine rings is 1. The monoisotopic (exact) mass is 484 g/mol. The van der Waals surface area contributed by atoms with Crippen LogP contribution in [0.25, 0.3) is 0 Å². The summed E-state index contributed by atoms with van der Waals surface area (Å²) in [6.45, 7) is 9.18. The molecule has 0 bridgehead atoms. The summed E-state index contributed by atoms with van der Waals surface area (Å²) in [7, 11) is 0. The number of anilines is 2. The Bertz CT molecular complexity index is 1080. The fraction of sp³-hybridized carbons (Fsp3) is 0.375. The average Bonchev–Trinajstić information content (AvgIpc) is 3.27. The van der Waals surface area contributed by atoms with E-state index in [9.17, 15) is 4.79 Å². The number of amides is 2. The van der Waals surface area contributed by atoms with Gasteiger partial charge in [0.15, 0.2) is 0 Å². The highest BCUT2D eigenvalue weighted by Crippen LogP contribution is 2.21. The molecule has 1 aliphatic rings. The molecule has 7 nitrogen and oxygen atoms in total. The van der Waals surface area contributed by atoms with Crippen molar-refractivity contribution in [3.05, 3.63) is 70.0 Å². The summed E-state index contributed by atoms with van der Waals surface area (Å²) < 4.78 is 4.53. The smallest absolute Gasteiger partial charge is 0.319 e. The second kappa shape index (κ2) is 11.0. The van der Waals surface area contributed by atoms with Crippen LogP contribution in [0.3, 0.4) is 0 Å². The number of benzene rings is 2. The predicted molar refractivity (Wildman–Crippen MR) is 136 cm³/mol. The van der Waals surface area contributed by atoms with Gasteiger partial charge >= 0.3 is 6.03 Å². The number of aryl methyl sites for hydroxylation is 1. The average molecular weight is 485 g/mol. The molecule has 174 valence electrons. The number of urea groups is 1. The summed E-state index contributed by atoms with van der Waals surface area (Å²) in [5.41, 5.74) is 4.27. The van der Waals surface area contributed by atoms with Crippen LogP contribution in [-0.4, -0.2) is 59.6 Å². The van der Waals surface area contributed by atoms with Crippen LogP contribution in [0.1, 0.15) is 22.5 Å². The van der Waals surface area contributed by atoms with Crippen molar-refractivity contribution in [2.24, 2.45) is 0 Å². The largest absolute Gasteiger partial charge is 0.344 e. The Morgan fingerprint density at radius 2 is 1.85 bits per heavy atom. The van der Waals surface area contributed by atoms with Gasteiger partial charge in [-0.2, -0.15) is 4.37 Å². The minimum absolute atomic E-state index is 0.163. The molecule has 2 aromatic carbocycles. The molecule has 2 amide bonds. The van der Waals surface area contributed by atoms with Crippen molar-refractivity contribution in [2.45, 2.75) is 20.3 Å². The van der Waals surface area contributed by atoms with E-state index >= 15 is 0 Å². The van der Waals surface area contributed by atoms with Crippen LogP contribution < -0.4 is 15.5 Å². The Kier molecular flexibility index (Phi) is 7.80. The summed E-state index contributed by atoms with van der Waals surface area (Å²) in [6, 6.07) is 13.6. The van der Waals surface area contributed by atoms with Gasteiger partial charge in [-0.1, -0.05) is 35.9 Å². The van der Waals surface area contributed by atoms with Crippen molar-refractivity contribution in [3.8, 4) is 0 Å². The standard InChI is InChI=1S/C24H29ClN6OS/c1-17-4-3-5-21(18(17)2)27-23(32)26-10-11-30-12-14-31(15-13-30)24-28-22(29-33-24)16-19-6-8-20(25)9-7-19/h3-9H,10-16H2,1-2H3,(H2,26,27,32). The van der Waals surface area contributed by atoms with Gasteiger partial charge in [0.2, 0.25) is 5.13 Å². The first-order chi connectivity index (χ1) is 16.0. The summed E-state index contributed by atoms with van der Waals surface area (Å²) in [4.78, 5) is 21.6. The van der Waals surface area contributed by atoms with Gasteiger partial charge in [0.05, 0.1) is 0 Å². The van der Waals surface area contributed by atoms with Crippen LogP contribution in [-0.2, 0) is 6.42 Å². The van der Waals surface area contributed by atoms with Crippen LogP contribution in [0.5, 0.6) is 0 Å². The molecular formula is C24H29ClN6OS. The third kappa shape index (κ3) is 6.43. The maximum Gasteiger partial charge on any atom is 0.319 e. The molecule has 0 spiro atoms. The van der Waals surface area contributed by atoms with E-state index in [0.29, 0.717) is 13.0 Å². The van der Waals surface area contributed by atoms with Gasteiger partial charge in [0.1, 0.15) is 5.82 Å². The SMILES string of the molecule is Cc1cccc(NC(=O)NCCN2CCN(c3nc(Cc4ccc(Cl)cc4)ns3)CC2)c1C. The molecule has 3 aromatic rings. The first-order valence-electron chi connectivity index (χ1n) is 11.1. The molecule has 9 heteroatoms. The lowest BCUT2D eigenvalue weighted by Crippen LogP contribution is -2.48. The van der Waals surface area contributed by atoms with Crippen molar-refractivity contribution in [1.29, 1.82) is 0 Å². The molecule has 1 aromatic heterocycles. The van der Waals surface area contributed by atoms with Crippen LogP contribution in [0.4, 0.5) is 15.6 Å². The van der Waals surface area contributed by atoms with Gasteiger partial charge in [-0.25, -0.2) is 9.78 Å². The third-order valence-electron chi connectivity index (χ3n) is 5.94. The zero-order valence-electron chi connectivity index (χ0n) is 19.0. The lowest BCUT2D eigenvalue weighted by molar-refractivity contribution is 0.240. The van der Waals surface area contributed by atoms with Gasteiger partial charge in [-0.05, 0) is 48.7 Å². The molecule has 33 heavy (non-hydrogen) atoms. The van der Waals surface area contributed by atoms with Gasteiger partial charge < -0.3 is 15.5 Å². The maximum absolute atomic E-state index is 12.2. The number of halogens is 1. The Labute approximate surface area is 203 Å². The predicted octanol–water partition coefficient (Wildman–Crippen LogP) is 4.34. The highest BCUT2D eigenvalue weighted by Gasteiger charge is 2.20. The fourth-order valence-electron chi connectivity index (χ4n) is 3.77. The molecule has 0 unspecified atom stereocenters. The van der Waals surface area contributed by atoms with Crippen molar-refractivity contribution in [3.63, 3.8) is 0 Å². The van der Waals surface area contributed by atoms with Crippen LogP contribution in [0.15, 0.2) is 42.5 Å². The van der Waals surface area contributed by atoms with Gasteiger partial charge in [-0.15, -0.1) is 0 Å². The third-order valence-corrected chi connectivity index (χ3v) is 7.01. The van der Waals surface area contributed by atoms with E-state index in [4.69, 9.17) is 16.6 Å². The Balaban J connectivity index is 1.18. The molecule has 0 atom stereocenters. The molecule has 0 saturated carbocycles. The van der Waals surface area contributed by atoms with Crippen molar-refractivity contribution in [1.82, 2.24) is 19.6 Å². The van der Waals surface area contributed by atoms with Crippen molar-refractivity contribution in [2.75, 3.05) is 49.5 Å². The summed E-state index contributed by atoms with van der Waals surface area (Å²) in [6.07, 6.45) is 0.712. The number of carbonyl (C=O) groups is 1. The molecule has 1 fully saturated rings. The summed E-state index contributed by atoms with van der Waals surface area (Å²) in [5.74, 6) is 0.846. The van der Waals surface area contributed by atoms with E-state index in [1.54, 1.807) is 0 Å². The zero-order valence-corrected chi connectivity index (χ0v) is 20.5. The molecule has 2 heterocycles. The molecule has 1 saturated heterocycles. The van der Waals surface area contributed by atoms with Gasteiger partial charge in [0, 0.05) is 67.9 Å². The number of aromatic nitrogens is 2. The van der Waals surface area contributed by atoms with E-state index in [0.717, 1.165) is 65.5 Å². The van der Waals surface area contributed by atoms with E-state index in [-0.39, 0.29) is 6.03 Å². The second-order valence-electron chi connectivity index (χ2n) is 8.25. The molecule has 2 N–H and O–H groups in total. The fourth-order valence-corrected chi connectivity index (χ4v) is 4.64. The van der Waals surface area contributed by atoms with E-state index in [1.165, 1.54) is 17.1 Å². The number of nitrogens with zero attached hydrogens (tertiary/aromatic N) is 4. The quantitative estimate of drug-likeness (QED) is 0.521. The molecule has 1 aliphatic heterocycles. The Hall–Kier alpha value is -2.68. The topological polar surface area (TPSA) is 73.4 Å². The minimum Gasteiger partial charge on any atom is -0.344 e. The first-order valence-corrected chi connectivity index (χ1v) is 12.3. The van der Waals surface area contributed by atoms with E-state index in [1.807, 2.05) is 56.3 Å². The Morgan fingerprint density at radius 1 is 1.09 bits per heavy atom. The van der Waals surface area contributed by atoms with Gasteiger partial charge in [0.25, 0.3) is 0 Å². The van der Waals surface area contributed by atoms with Gasteiger partial charge in [-0.3, -0.25) is 4.90 Å². The summed E-state index contributed by atoms with van der Waals surface area (Å²) >= 11 is 7.42. The van der Waals surface area contributed by atoms with Crippen LogP contribution in [0, 0.1) is 13.8 Å². The molecular weight excluding hydrogens is 456 g/mol. The van der Waals surface area contributed by atoms with Crippen LogP contribution in [0.2, 0.25) is 5.02 Å². The number of hydrogen-bond donors (Lipinski definition) is 2. The minimum atomic E-state index is -0.163. The lowest BCUT2D eigenvalue weighted by Gasteiger charge is -2.34. The Morgan fingerprint density at radius 3 is 2.61 bits per heavy atom. The molecule has 0 aliphatic carbocycles. The second-order valence-corrected chi connectivity index (χ2v) is 9.42. The first kappa shape index (κ1) is 23.5. The molecule has 4 rings (SSSR count). The number of nitrogens with one attached hydrogen (secondary N) is 2. The van der Waals surface area contributed by atoms with E-state index in [2.05, 4.69) is 24.8 Å². The maximum atomic E-state index is 12.2. The van der Waals surface area contributed by atoms with Crippen molar-refractivity contribution >= 4 is 40.0 Å². The van der Waals surface area contributed by atoms with E-state index < -0.39 is 0 Å². The lowest BCUT2D eigenvalue weighted by atomic mass is 10.1.